The first-order chi connectivity index (χ1) is 9.11. The Kier molecular flexibility index (Phi) is 6.79. The molecule has 100 valence electrons. The zero-order valence-corrected chi connectivity index (χ0v) is 12.5. The van der Waals surface area contributed by atoms with Crippen LogP contribution in [0.1, 0.15) is 15.9 Å². The quantitative estimate of drug-likeness (QED) is 0.640. The SMILES string of the molecule is COc1ccc(PC(=O)c2c(C)cccc2Cl)cc1.[LiH]. The first kappa shape index (κ1) is 17.3. The summed E-state index contributed by atoms with van der Waals surface area (Å²) in [5.74, 6) is 0.787. The Morgan fingerprint density at radius 2 is 1.80 bits per heavy atom. The summed E-state index contributed by atoms with van der Waals surface area (Å²) in [4.78, 5) is 12.3. The van der Waals surface area contributed by atoms with Gasteiger partial charge in [-0.05, 0) is 44.6 Å². The van der Waals surface area contributed by atoms with E-state index in [1.54, 1.807) is 13.2 Å². The van der Waals surface area contributed by atoms with Crippen molar-refractivity contribution in [2.24, 2.45) is 0 Å². The van der Waals surface area contributed by atoms with Crippen molar-refractivity contribution < 1.29 is 9.53 Å². The molecule has 0 saturated carbocycles. The molecule has 20 heavy (non-hydrogen) atoms. The van der Waals surface area contributed by atoms with Crippen LogP contribution >= 0.6 is 20.2 Å². The van der Waals surface area contributed by atoms with Crippen LogP contribution in [-0.2, 0) is 0 Å². The molecule has 1 unspecified atom stereocenters. The van der Waals surface area contributed by atoms with Gasteiger partial charge in [0.15, 0.2) is 5.52 Å². The molecular formula is C15H15ClLiO2P. The zero-order chi connectivity index (χ0) is 13.8. The molecule has 0 bridgehead atoms. The summed E-state index contributed by atoms with van der Waals surface area (Å²) >= 11 is 6.10. The fourth-order valence-electron chi connectivity index (χ4n) is 1.79. The third-order valence-corrected chi connectivity index (χ3v) is 4.21. The molecule has 0 aliphatic rings. The Bertz CT molecular complexity index is 579. The average Bonchev–Trinajstić information content (AvgIpc) is 2.39. The number of methoxy groups -OCH3 is 1. The maximum absolute atomic E-state index is 12.3. The molecular weight excluding hydrogens is 286 g/mol. The van der Waals surface area contributed by atoms with Crippen LogP contribution in [0.5, 0.6) is 5.75 Å². The van der Waals surface area contributed by atoms with Gasteiger partial charge in [-0.2, -0.15) is 0 Å². The second-order valence-corrected chi connectivity index (χ2v) is 5.80. The monoisotopic (exact) mass is 300 g/mol. The minimum atomic E-state index is 0. The number of hydrogen-bond donors (Lipinski definition) is 0. The molecule has 1 atom stereocenters. The zero-order valence-electron chi connectivity index (χ0n) is 10.7. The predicted octanol–water partition coefficient (Wildman–Crippen LogP) is 3.15. The van der Waals surface area contributed by atoms with Gasteiger partial charge in [-0.1, -0.05) is 35.9 Å². The number of halogens is 1. The van der Waals surface area contributed by atoms with E-state index in [1.807, 2.05) is 43.3 Å². The summed E-state index contributed by atoms with van der Waals surface area (Å²) < 4.78 is 5.09. The van der Waals surface area contributed by atoms with Crippen LogP contribution in [-0.4, -0.2) is 31.5 Å². The van der Waals surface area contributed by atoms with E-state index >= 15 is 0 Å². The van der Waals surface area contributed by atoms with Gasteiger partial charge in [0.25, 0.3) is 0 Å². The van der Waals surface area contributed by atoms with E-state index in [-0.39, 0.29) is 33.0 Å². The normalized spacial score (nSPS) is 10.3. The summed E-state index contributed by atoms with van der Waals surface area (Å²) in [5.41, 5.74) is 1.60. The van der Waals surface area contributed by atoms with Crippen LogP contribution in [0, 0.1) is 6.92 Å². The molecule has 0 N–H and O–H groups in total. The fourth-order valence-corrected chi connectivity index (χ4v) is 3.23. The third kappa shape index (κ3) is 4.11. The van der Waals surface area contributed by atoms with Gasteiger partial charge in [0.1, 0.15) is 5.75 Å². The second kappa shape index (κ2) is 7.86. The average molecular weight is 301 g/mol. The third-order valence-electron chi connectivity index (χ3n) is 2.80. The van der Waals surface area contributed by atoms with Crippen molar-refractivity contribution in [2.75, 3.05) is 7.11 Å². The van der Waals surface area contributed by atoms with Gasteiger partial charge in [0.2, 0.25) is 0 Å². The van der Waals surface area contributed by atoms with Gasteiger partial charge < -0.3 is 4.74 Å². The first-order valence-corrected chi connectivity index (χ1v) is 7.20. The second-order valence-electron chi connectivity index (χ2n) is 4.11. The van der Waals surface area contributed by atoms with Gasteiger partial charge in [-0.15, -0.1) is 0 Å². The molecule has 0 aliphatic carbocycles. The molecule has 0 aliphatic heterocycles. The van der Waals surface area contributed by atoms with Gasteiger partial charge in [0.05, 0.1) is 12.1 Å². The summed E-state index contributed by atoms with van der Waals surface area (Å²) in [6.45, 7) is 1.90. The van der Waals surface area contributed by atoms with Crippen LogP contribution in [0.4, 0.5) is 0 Å². The van der Waals surface area contributed by atoms with Crippen molar-refractivity contribution in [2.45, 2.75) is 6.92 Å². The molecule has 0 heterocycles. The Labute approximate surface area is 137 Å². The Hall–Kier alpha value is -0.773. The van der Waals surface area contributed by atoms with Crippen LogP contribution in [0.2, 0.25) is 5.02 Å². The van der Waals surface area contributed by atoms with Crippen molar-refractivity contribution >= 4 is 49.9 Å². The topological polar surface area (TPSA) is 26.3 Å². The number of carbonyl (C=O) groups is 1. The molecule has 2 rings (SSSR count). The van der Waals surface area contributed by atoms with E-state index in [4.69, 9.17) is 16.3 Å². The van der Waals surface area contributed by atoms with E-state index in [1.165, 1.54) is 0 Å². The van der Waals surface area contributed by atoms with Crippen LogP contribution < -0.4 is 10.0 Å². The van der Waals surface area contributed by atoms with Crippen molar-refractivity contribution in [1.29, 1.82) is 0 Å². The summed E-state index contributed by atoms with van der Waals surface area (Å²) in [7, 11) is 1.69. The number of aryl methyl sites for hydroxylation is 1. The van der Waals surface area contributed by atoms with Crippen molar-refractivity contribution in [3.63, 3.8) is 0 Å². The number of carbonyl (C=O) groups excluding carboxylic acids is 1. The molecule has 2 nitrogen and oxygen atoms in total. The van der Waals surface area contributed by atoms with Crippen molar-refractivity contribution in [3.8, 4) is 5.75 Å². The van der Waals surface area contributed by atoms with Gasteiger partial charge in [0, 0.05) is 5.56 Å². The Morgan fingerprint density at radius 1 is 1.15 bits per heavy atom. The van der Waals surface area contributed by atoms with E-state index in [9.17, 15) is 4.79 Å². The van der Waals surface area contributed by atoms with Crippen molar-refractivity contribution in [3.05, 3.63) is 58.6 Å². The van der Waals surface area contributed by atoms with Crippen molar-refractivity contribution in [1.82, 2.24) is 0 Å². The molecule has 2 aromatic rings. The first-order valence-electron chi connectivity index (χ1n) is 5.82. The summed E-state index contributed by atoms with van der Waals surface area (Å²) in [6.07, 6.45) is 0. The number of benzene rings is 2. The van der Waals surface area contributed by atoms with Crippen LogP contribution in [0.15, 0.2) is 42.5 Å². The predicted molar refractivity (Wildman–Crippen MR) is 88.6 cm³/mol. The molecule has 2 aromatic carbocycles. The minimum absolute atomic E-state index is 0. The maximum atomic E-state index is 12.3. The molecule has 5 heteroatoms. The van der Waals surface area contributed by atoms with Gasteiger partial charge >= 0.3 is 18.9 Å². The van der Waals surface area contributed by atoms with E-state index in [0.29, 0.717) is 10.6 Å². The molecule has 0 aromatic heterocycles. The van der Waals surface area contributed by atoms with Crippen LogP contribution in [0.3, 0.4) is 0 Å². The molecule has 0 radical (unpaired) electrons. The summed E-state index contributed by atoms with van der Waals surface area (Å²) in [6, 6.07) is 13.0. The van der Waals surface area contributed by atoms with E-state index in [2.05, 4.69) is 0 Å². The molecule has 0 amide bonds. The molecule has 0 spiro atoms. The molecule has 0 fully saturated rings. The van der Waals surface area contributed by atoms with Gasteiger partial charge in [-0.3, -0.25) is 4.79 Å². The number of rotatable bonds is 4. The fraction of sp³-hybridized carbons (Fsp3) is 0.133. The van der Waals surface area contributed by atoms with Crippen LogP contribution in [0.25, 0.3) is 0 Å². The number of ether oxygens (including phenoxy) is 1. The van der Waals surface area contributed by atoms with Gasteiger partial charge in [-0.25, -0.2) is 0 Å². The van der Waals surface area contributed by atoms with E-state index < -0.39 is 0 Å². The molecule has 0 saturated heterocycles. The Morgan fingerprint density at radius 3 is 2.35 bits per heavy atom. The van der Waals surface area contributed by atoms with E-state index in [0.717, 1.165) is 16.6 Å². The Balaban J connectivity index is 0.00000200. The summed E-state index contributed by atoms with van der Waals surface area (Å²) in [5, 5.41) is 1.50. The standard InChI is InChI=1S/C15H14ClO2P.Li.H/c1-10-4-3-5-13(16)14(10)15(17)19-12-8-6-11(18-2)7-9-12;;/h3-9,19H,1-2H3;;. The number of hydrogen-bond acceptors (Lipinski definition) is 2.